The Morgan fingerprint density at radius 3 is 2.95 bits per heavy atom. The van der Waals surface area contributed by atoms with Crippen LogP contribution in [0.15, 0.2) is 18.2 Å². The molecule has 0 atom stereocenters. The quantitative estimate of drug-likeness (QED) is 0.845. The molecule has 2 N–H and O–H groups in total. The number of anilines is 1. The van der Waals surface area contributed by atoms with E-state index in [1.165, 1.54) is 5.56 Å². The van der Waals surface area contributed by atoms with Crippen LogP contribution in [-0.4, -0.2) is 43.9 Å². The van der Waals surface area contributed by atoms with Gasteiger partial charge in [-0.25, -0.2) is 0 Å². The van der Waals surface area contributed by atoms with E-state index in [2.05, 4.69) is 10.6 Å². The fourth-order valence-corrected chi connectivity index (χ4v) is 2.14. The fraction of sp³-hybridized carbons (Fsp3) is 0.429. The molecule has 0 saturated carbocycles. The van der Waals surface area contributed by atoms with E-state index in [1.807, 2.05) is 18.2 Å². The van der Waals surface area contributed by atoms with E-state index in [9.17, 15) is 9.59 Å². The predicted octanol–water partition coefficient (Wildman–Crippen LogP) is 0.863. The molecule has 0 fully saturated rings. The highest BCUT2D eigenvalue weighted by atomic mass is 16.2. The highest BCUT2D eigenvalue weighted by Crippen LogP contribution is 2.23. The van der Waals surface area contributed by atoms with Gasteiger partial charge < -0.3 is 15.5 Å². The molecule has 0 aromatic heterocycles. The fourth-order valence-electron chi connectivity index (χ4n) is 2.14. The highest BCUT2D eigenvalue weighted by molar-refractivity contribution is 5.95. The van der Waals surface area contributed by atoms with E-state index in [-0.39, 0.29) is 11.8 Å². The van der Waals surface area contributed by atoms with Crippen molar-refractivity contribution in [2.24, 2.45) is 0 Å². The number of rotatable bonds is 4. The lowest BCUT2D eigenvalue weighted by molar-refractivity contribution is -0.120. The maximum atomic E-state index is 12.2. The zero-order chi connectivity index (χ0) is 13.8. The van der Waals surface area contributed by atoms with Gasteiger partial charge in [-0.05, 0) is 24.1 Å². The summed E-state index contributed by atoms with van der Waals surface area (Å²) < 4.78 is 0. The largest absolute Gasteiger partial charge is 0.384 e. The molecule has 0 bridgehead atoms. The van der Waals surface area contributed by atoms with Crippen LogP contribution in [-0.2, 0) is 11.2 Å². The van der Waals surface area contributed by atoms with Crippen LogP contribution < -0.4 is 10.6 Å². The lowest BCUT2D eigenvalue weighted by Crippen LogP contribution is -2.31. The van der Waals surface area contributed by atoms with Gasteiger partial charge in [-0.1, -0.05) is 6.07 Å². The Bertz CT molecular complexity index is 499. The molecule has 1 aromatic rings. The van der Waals surface area contributed by atoms with Crippen molar-refractivity contribution in [1.82, 2.24) is 10.2 Å². The summed E-state index contributed by atoms with van der Waals surface area (Å²) in [6.07, 6.45) is 1.33. The molecule has 5 heteroatoms. The van der Waals surface area contributed by atoms with Crippen molar-refractivity contribution in [3.8, 4) is 0 Å². The van der Waals surface area contributed by atoms with Gasteiger partial charge in [0.2, 0.25) is 5.91 Å². The molecule has 2 rings (SSSR count). The van der Waals surface area contributed by atoms with E-state index in [1.54, 1.807) is 19.0 Å². The monoisotopic (exact) mass is 261 g/mol. The Kier molecular flexibility index (Phi) is 4.04. The molecule has 102 valence electrons. The van der Waals surface area contributed by atoms with Crippen molar-refractivity contribution >= 4 is 17.5 Å². The maximum absolute atomic E-state index is 12.2. The Morgan fingerprint density at radius 2 is 2.21 bits per heavy atom. The minimum atomic E-state index is -0.0599. The molecule has 1 aliphatic heterocycles. The standard InChI is InChI=1S/C14H19N3O2/c1-15-13(18)6-8-17(2)14(19)11-4-3-10-5-7-16-12(10)9-11/h3-4,9,16H,5-8H2,1-2H3,(H,15,18). The van der Waals surface area contributed by atoms with Gasteiger partial charge in [0, 0.05) is 44.9 Å². The Hall–Kier alpha value is -2.04. The third-order valence-corrected chi connectivity index (χ3v) is 3.37. The van der Waals surface area contributed by atoms with E-state index < -0.39 is 0 Å². The first kappa shape index (κ1) is 13.4. The normalized spacial score (nSPS) is 12.5. The van der Waals surface area contributed by atoms with Crippen molar-refractivity contribution in [3.05, 3.63) is 29.3 Å². The van der Waals surface area contributed by atoms with Gasteiger partial charge in [0.05, 0.1) is 0 Å². The maximum Gasteiger partial charge on any atom is 0.253 e. The third-order valence-electron chi connectivity index (χ3n) is 3.37. The number of hydrogen-bond acceptors (Lipinski definition) is 3. The number of carbonyl (C=O) groups is 2. The molecule has 1 heterocycles. The molecular weight excluding hydrogens is 242 g/mol. The number of nitrogens with one attached hydrogen (secondary N) is 2. The molecule has 0 saturated heterocycles. The van der Waals surface area contributed by atoms with Crippen molar-refractivity contribution < 1.29 is 9.59 Å². The molecule has 5 nitrogen and oxygen atoms in total. The highest BCUT2D eigenvalue weighted by Gasteiger charge is 2.16. The van der Waals surface area contributed by atoms with Crippen LogP contribution in [0.3, 0.4) is 0 Å². The van der Waals surface area contributed by atoms with Gasteiger partial charge in [-0.3, -0.25) is 9.59 Å². The summed E-state index contributed by atoms with van der Waals surface area (Å²) in [7, 11) is 3.31. The Labute approximate surface area is 113 Å². The number of hydrogen-bond donors (Lipinski definition) is 2. The summed E-state index contributed by atoms with van der Waals surface area (Å²) in [5, 5.41) is 5.80. The minimum Gasteiger partial charge on any atom is -0.384 e. The van der Waals surface area contributed by atoms with Crippen molar-refractivity contribution in [2.75, 3.05) is 32.5 Å². The van der Waals surface area contributed by atoms with Crippen molar-refractivity contribution in [1.29, 1.82) is 0 Å². The summed E-state index contributed by atoms with van der Waals surface area (Å²) in [6, 6.07) is 5.74. The summed E-state index contributed by atoms with van der Waals surface area (Å²) in [5.74, 6) is -0.115. The first-order valence-corrected chi connectivity index (χ1v) is 6.44. The van der Waals surface area contributed by atoms with Gasteiger partial charge >= 0.3 is 0 Å². The average molecular weight is 261 g/mol. The molecule has 0 radical (unpaired) electrons. The van der Waals surface area contributed by atoms with Gasteiger partial charge in [0.15, 0.2) is 0 Å². The smallest absolute Gasteiger partial charge is 0.253 e. The van der Waals surface area contributed by atoms with E-state index in [4.69, 9.17) is 0 Å². The zero-order valence-corrected chi connectivity index (χ0v) is 11.3. The van der Waals surface area contributed by atoms with Crippen LogP contribution in [0.1, 0.15) is 22.3 Å². The van der Waals surface area contributed by atoms with Crippen molar-refractivity contribution in [3.63, 3.8) is 0 Å². The van der Waals surface area contributed by atoms with E-state index >= 15 is 0 Å². The second kappa shape index (κ2) is 5.73. The third kappa shape index (κ3) is 3.05. The van der Waals surface area contributed by atoms with Gasteiger partial charge in [0.1, 0.15) is 0 Å². The van der Waals surface area contributed by atoms with Crippen molar-refractivity contribution in [2.45, 2.75) is 12.8 Å². The summed E-state index contributed by atoms with van der Waals surface area (Å²) in [4.78, 5) is 25.0. The number of benzene rings is 1. The summed E-state index contributed by atoms with van der Waals surface area (Å²) in [6.45, 7) is 1.35. The first-order valence-electron chi connectivity index (χ1n) is 6.44. The minimum absolute atomic E-state index is 0.0552. The molecule has 0 aliphatic carbocycles. The lowest BCUT2D eigenvalue weighted by Gasteiger charge is -2.17. The number of carbonyl (C=O) groups excluding carboxylic acids is 2. The van der Waals surface area contributed by atoms with Gasteiger partial charge in [-0.15, -0.1) is 0 Å². The molecule has 2 amide bonds. The molecule has 0 spiro atoms. The second-order valence-electron chi connectivity index (χ2n) is 4.70. The average Bonchev–Trinajstić information content (AvgIpc) is 2.90. The molecule has 1 aliphatic rings. The first-order chi connectivity index (χ1) is 9.11. The van der Waals surface area contributed by atoms with Crippen LogP contribution in [0.2, 0.25) is 0 Å². The Morgan fingerprint density at radius 1 is 1.42 bits per heavy atom. The summed E-state index contributed by atoms with van der Waals surface area (Å²) >= 11 is 0. The topological polar surface area (TPSA) is 61.4 Å². The molecule has 19 heavy (non-hydrogen) atoms. The van der Waals surface area contributed by atoms with Crippen LogP contribution in [0.5, 0.6) is 0 Å². The second-order valence-corrected chi connectivity index (χ2v) is 4.70. The molecule has 0 unspecified atom stereocenters. The van der Waals surface area contributed by atoms with Gasteiger partial charge in [0.25, 0.3) is 5.91 Å². The van der Waals surface area contributed by atoms with Crippen LogP contribution in [0.4, 0.5) is 5.69 Å². The number of fused-ring (bicyclic) bond motifs is 1. The van der Waals surface area contributed by atoms with Crippen LogP contribution in [0, 0.1) is 0 Å². The lowest BCUT2D eigenvalue weighted by atomic mass is 10.1. The van der Waals surface area contributed by atoms with Gasteiger partial charge in [-0.2, -0.15) is 0 Å². The van der Waals surface area contributed by atoms with Crippen LogP contribution in [0.25, 0.3) is 0 Å². The zero-order valence-electron chi connectivity index (χ0n) is 11.3. The summed E-state index contributed by atoms with van der Waals surface area (Å²) in [5.41, 5.74) is 2.96. The predicted molar refractivity (Wildman–Crippen MR) is 74.3 cm³/mol. The molecular formula is C14H19N3O2. The molecule has 1 aromatic carbocycles. The Balaban J connectivity index is 2.01. The number of amides is 2. The SMILES string of the molecule is CNC(=O)CCN(C)C(=O)c1ccc2c(c1)NCC2. The van der Waals surface area contributed by atoms with Crippen LogP contribution >= 0.6 is 0 Å². The van der Waals surface area contributed by atoms with E-state index in [0.717, 1.165) is 18.7 Å². The number of nitrogens with zero attached hydrogens (tertiary/aromatic N) is 1. The van der Waals surface area contributed by atoms with E-state index in [0.29, 0.717) is 18.5 Å².